The topological polar surface area (TPSA) is 0 Å². The highest BCUT2D eigenvalue weighted by atomic mass is 35.5. The summed E-state index contributed by atoms with van der Waals surface area (Å²) in [5.74, 6) is 0. The van der Waals surface area contributed by atoms with Crippen molar-refractivity contribution in [1.29, 1.82) is 0 Å². The first-order chi connectivity index (χ1) is 7.29. The zero-order chi connectivity index (χ0) is 10.9. The molecule has 0 amide bonds. The van der Waals surface area contributed by atoms with Crippen LogP contribution in [0.4, 0.5) is 0 Å². The average molecular weight is 245 g/mol. The van der Waals surface area contributed by atoms with Crippen molar-refractivity contribution in [3.63, 3.8) is 0 Å². The van der Waals surface area contributed by atoms with E-state index in [0.29, 0.717) is 0 Å². The van der Waals surface area contributed by atoms with Gasteiger partial charge in [0.1, 0.15) is 4.84 Å². The Bertz CT molecular complexity index is 244. The summed E-state index contributed by atoms with van der Waals surface area (Å²) >= 11 is 11.3. The molecule has 0 aliphatic rings. The second kappa shape index (κ2) is 8.01. The van der Waals surface area contributed by atoms with Crippen LogP contribution in [0.5, 0.6) is 0 Å². The molecule has 0 fully saturated rings. The molecule has 0 aliphatic heterocycles. The molecule has 0 spiro atoms. The molecule has 2 heteroatoms. The zero-order valence-corrected chi connectivity index (χ0v) is 10.5. The van der Waals surface area contributed by atoms with Crippen molar-refractivity contribution < 1.29 is 0 Å². The van der Waals surface area contributed by atoms with E-state index in [0.717, 1.165) is 12.8 Å². The minimum atomic E-state index is -0.181. The Labute approximate surface area is 103 Å². The van der Waals surface area contributed by atoms with Crippen molar-refractivity contribution in [3.8, 4) is 0 Å². The molecule has 0 atom stereocenters. The van der Waals surface area contributed by atoms with Gasteiger partial charge in [0, 0.05) is 0 Å². The highest BCUT2D eigenvalue weighted by Crippen LogP contribution is 2.14. The van der Waals surface area contributed by atoms with Crippen molar-refractivity contribution in [2.24, 2.45) is 0 Å². The van der Waals surface area contributed by atoms with Crippen LogP contribution in [0, 0.1) is 0 Å². The first kappa shape index (κ1) is 12.9. The molecule has 0 aromatic heterocycles. The van der Waals surface area contributed by atoms with Gasteiger partial charge < -0.3 is 0 Å². The first-order valence-electron chi connectivity index (χ1n) is 5.61. The maximum Gasteiger partial charge on any atom is 0.107 e. The van der Waals surface area contributed by atoms with Gasteiger partial charge in [-0.15, -0.1) is 23.2 Å². The van der Waals surface area contributed by atoms with E-state index in [1.165, 1.54) is 31.2 Å². The second-order valence-electron chi connectivity index (χ2n) is 3.83. The van der Waals surface area contributed by atoms with E-state index in [4.69, 9.17) is 23.2 Å². The fraction of sp³-hybridized carbons (Fsp3) is 0.538. The Kier molecular flexibility index (Phi) is 6.87. The summed E-state index contributed by atoms with van der Waals surface area (Å²) in [5.41, 5.74) is 1.44. The van der Waals surface area contributed by atoms with Gasteiger partial charge in [-0.25, -0.2) is 0 Å². The molecule has 0 saturated heterocycles. The number of unbranched alkanes of at least 4 members (excludes halogenated alkanes) is 3. The Morgan fingerprint density at radius 1 is 0.867 bits per heavy atom. The number of rotatable bonds is 7. The Balaban J connectivity index is 1.98. The van der Waals surface area contributed by atoms with Crippen LogP contribution in [0.1, 0.15) is 37.7 Å². The number of halogens is 2. The van der Waals surface area contributed by atoms with Crippen LogP contribution in [0.25, 0.3) is 0 Å². The summed E-state index contributed by atoms with van der Waals surface area (Å²) < 4.78 is 0. The monoisotopic (exact) mass is 244 g/mol. The lowest BCUT2D eigenvalue weighted by molar-refractivity contribution is 0.627. The summed E-state index contributed by atoms with van der Waals surface area (Å²) in [6, 6.07) is 10.6. The van der Waals surface area contributed by atoms with Gasteiger partial charge in [0.25, 0.3) is 0 Å². The summed E-state index contributed by atoms with van der Waals surface area (Å²) in [6.07, 6.45) is 7.03. The van der Waals surface area contributed by atoms with Gasteiger partial charge in [-0.3, -0.25) is 0 Å². The highest BCUT2D eigenvalue weighted by molar-refractivity contribution is 6.44. The molecular formula is C13H18Cl2. The molecule has 84 valence electrons. The molecule has 0 bridgehead atoms. The third kappa shape index (κ3) is 6.81. The number of hydrogen-bond acceptors (Lipinski definition) is 0. The van der Waals surface area contributed by atoms with Crippen LogP contribution >= 0.6 is 23.2 Å². The van der Waals surface area contributed by atoms with Crippen molar-refractivity contribution in [2.45, 2.75) is 43.4 Å². The van der Waals surface area contributed by atoms with Crippen molar-refractivity contribution in [3.05, 3.63) is 35.9 Å². The van der Waals surface area contributed by atoms with Crippen LogP contribution in [0.2, 0.25) is 0 Å². The second-order valence-corrected chi connectivity index (χ2v) is 5.11. The van der Waals surface area contributed by atoms with Crippen LogP contribution in [-0.4, -0.2) is 4.84 Å². The molecule has 0 nitrogen and oxygen atoms in total. The molecule has 0 N–H and O–H groups in total. The Morgan fingerprint density at radius 2 is 1.53 bits per heavy atom. The third-order valence-electron chi connectivity index (χ3n) is 2.48. The molecule has 15 heavy (non-hydrogen) atoms. The fourth-order valence-corrected chi connectivity index (χ4v) is 1.93. The van der Waals surface area contributed by atoms with E-state index < -0.39 is 0 Å². The van der Waals surface area contributed by atoms with Gasteiger partial charge in [-0.2, -0.15) is 0 Å². The van der Waals surface area contributed by atoms with Gasteiger partial charge in [0.05, 0.1) is 0 Å². The van der Waals surface area contributed by atoms with Crippen LogP contribution < -0.4 is 0 Å². The molecular weight excluding hydrogens is 227 g/mol. The maximum absolute atomic E-state index is 5.65. The predicted molar refractivity (Wildman–Crippen MR) is 68.7 cm³/mol. The molecule has 0 heterocycles. The summed E-state index contributed by atoms with van der Waals surface area (Å²) in [4.78, 5) is -0.181. The number of aryl methyl sites for hydroxylation is 1. The number of hydrogen-bond donors (Lipinski definition) is 0. The van der Waals surface area contributed by atoms with Crippen LogP contribution in [-0.2, 0) is 6.42 Å². The highest BCUT2D eigenvalue weighted by Gasteiger charge is 1.98. The fourth-order valence-electron chi connectivity index (χ4n) is 1.63. The number of benzene rings is 1. The lowest BCUT2D eigenvalue weighted by Gasteiger charge is -2.02. The Morgan fingerprint density at radius 3 is 2.20 bits per heavy atom. The third-order valence-corrected chi connectivity index (χ3v) is 2.92. The molecule has 1 aromatic carbocycles. The smallest absolute Gasteiger partial charge is 0.105 e. The first-order valence-corrected chi connectivity index (χ1v) is 6.48. The summed E-state index contributed by atoms with van der Waals surface area (Å²) in [7, 11) is 0. The van der Waals surface area contributed by atoms with Crippen molar-refractivity contribution in [2.75, 3.05) is 0 Å². The normalized spacial score (nSPS) is 10.9. The van der Waals surface area contributed by atoms with Gasteiger partial charge in [-0.1, -0.05) is 49.6 Å². The lowest BCUT2D eigenvalue weighted by Crippen LogP contribution is -1.88. The largest absolute Gasteiger partial charge is 0.107 e. The standard InChI is InChI=1S/C13H18Cl2/c14-13(15)11-7-2-1-4-8-12-9-5-3-6-10-12/h3,5-6,9-10,13H,1-2,4,7-8,11H2. The van der Waals surface area contributed by atoms with E-state index >= 15 is 0 Å². The van der Waals surface area contributed by atoms with E-state index in [1.807, 2.05) is 0 Å². The Hall–Kier alpha value is -0.200. The molecule has 1 aromatic rings. The SMILES string of the molecule is ClC(Cl)CCCCCCc1ccccc1. The van der Waals surface area contributed by atoms with E-state index in [2.05, 4.69) is 30.3 Å². The van der Waals surface area contributed by atoms with Gasteiger partial charge >= 0.3 is 0 Å². The lowest BCUT2D eigenvalue weighted by atomic mass is 10.1. The van der Waals surface area contributed by atoms with Crippen LogP contribution in [0.15, 0.2) is 30.3 Å². The minimum absolute atomic E-state index is 0.181. The van der Waals surface area contributed by atoms with Crippen LogP contribution in [0.3, 0.4) is 0 Å². The predicted octanol–water partition coefficient (Wildman–Crippen LogP) is 4.98. The molecule has 0 radical (unpaired) electrons. The molecule has 0 saturated carbocycles. The van der Waals surface area contributed by atoms with E-state index in [9.17, 15) is 0 Å². The van der Waals surface area contributed by atoms with Crippen molar-refractivity contribution >= 4 is 23.2 Å². The number of alkyl halides is 2. The maximum atomic E-state index is 5.65. The van der Waals surface area contributed by atoms with Gasteiger partial charge in [0.15, 0.2) is 0 Å². The summed E-state index contributed by atoms with van der Waals surface area (Å²) in [6.45, 7) is 0. The average Bonchev–Trinajstić information content (AvgIpc) is 2.24. The molecule has 1 rings (SSSR count). The molecule has 0 unspecified atom stereocenters. The minimum Gasteiger partial charge on any atom is -0.105 e. The summed E-state index contributed by atoms with van der Waals surface area (Å²) in [5, 5.41) is 0. The quantitative estimate of drug-likeness (QED) is 0.469. The molecule has 0 aliphatic carbocycles. The zero-order valence-electron chi connectivity index (χ0n) is 8.96. The van der Waals surface area contributed by atoms with Gasteiger partial charge in [-0.05, 0) is 24.8 Å². The van der Waals surface area contributed by atoms with E-state index in [1.54, 1.807) is 0 Å². The van der Waals surface area contributed by atoms with Crippen molar-refractivity contribution in [1.82, 2.24) is 0 Å². The van der Waals surface area contributed by atoms with E-state index in [-0.39, 0.29) is 4.84 Å². The van der Waals surface area contributed by atoms with Gasteiger partial charge in [0.2, 0.25) is 0 Å².